The van der Waals surface area contributed by atoms with Crippen LogP contribution < -0.4 is 22.5 Å². The Morgan fingerprint density at radius 3 is 1.25 bits per heavy atom. The van der Waals surface area contributed by atoms with E-state index in [9.17, 15) is 57.0 Å². The lowest BCUT2D eigenvalue weighted by molar-refractivity contribution is -0.154. The van der Waals surface area contributed by atoms with Crippen LogP contribution in [-0.4, -0.2) is 101 Å². The molecule has 368 valence electrons. The van der Waals surface area contributed by atoms with Crippen LogP contribution in [0.1, 0.15) is 103 Å². The third kappa shape index (κ3) is 14.4. The second-order valence-electron chi connectivity index (χ2n) is 15.5. The van der Waals surface area contributed by atoms with Crippen molar-refractivity contribution < 1.29 is 88.2 Å². The third-order valence-corrected chi connectivity index (χ3v) is 16.5. The normalized spacial score (nSPS) is 31.2. The summed E-state index contributed by atoms with van der Waals surface area (Å²) in [5.74, 6) is 0. The fraction of sp³-hybridized carbons (Fsp3) is 0.765. The molecule has 0 spiro atoms. The maximum Gasteiger partial charge on any atom is 0.490 e. The van der Waals surface area contributed by atoms with Crippen molar-refractivity contribution in [1.82, 2.24) is 19.1 Å². The molecule has 4 fully saturated rings. The second kappa shape index (κ2) is 22.4. The Balaban J connectivity index is 1.04. The van der Waals surface area contributed by atoms with Gasteiger partial charge in [0.1, 0.15) is 36.6 Å². The van der Waals surface area contributed by atoms with Gasteiger partial charge in [-0.2, -0.15) is 12.9 Å². The highest BCUT2D eigenvalue weighted by Gasteiger charge is 2.56. The summed E-state index contributed by atoms with van der Waals surface area (Å²) >= 11 is 0. The van der Waals surface area contributed by atoms with Gasteiger partial charge in [-0.3, -0.25) is 37.7 Å². The minimum absolute atomic E-state index is 0.443. The lowest BCUT2D eigenvalue weighted by Crippen LogP contribution is -2.36. The van der Waals surface area contributed by atoms with Gasteiger partial charge in [-0.15, -0.1) is 0 Å². The minimum atomic E-state index is -6.19. The molecule has 6 N–H and O–H groups in total. The summed E-state index contributed by atoms with van der Waals surface area (Å²) in [4.78, 5) is 93.9. The molecule has 0 radical (unpaired) electrons. The van der Waals surface area contributed by atoms with Gasteiger partial charge in [-0.05, 0) is 25.7 Å². The van der Waals surface area contributed by atoms with Crippen molar-refractivity contribution in [2.24, 2.45) is 0 Å². The Morgan fingerprint density at radius 1 is 0.523 bits per heavy atom. The van der Waals surface area contributed by atoms with Crippen molar-refractivity contribution >= 4 is 31.3 Å². The van der Waals surface area contributed by atoms with Gasteiger partial charge in [0.25, 0.3) is 11.1 Å². The molecule has 65 heavy (non-hydrogen) atoms. The first-order chi connectivity index (χ1) is 30.7. The molecule has 0 bridgehead atoms. The summed E-state index contributed by atoms with van der Waals surface area (Å²) in [6, 6.07) is 2.10. The minimum Gasteiger partial charge on any atom is -0.346 e. The Hall–Kier alpha value is -2.32. The zero-order valence-electron chi connectivity index (χ0n) is 35.2. The number of nitrogens with zero attached hydrogens (tertiary/aromatic N) is 2. The molecule has 27 nitrogen and oxygen atoms in total. The predicted molar refractivity (Wildman–Crippen MR) is 219 cm³/mol. The second-order valence-corrected chi connectivity index (χ2v) is 21.8. The summed E-state index contributed by atoms with van der Waals surface area (Å²) in [5.41, 5.74) is -3.14. The zero-order chi connectivity index (χ0) is 47.2. The van der Waals surface area contributed by atoms with E-state index in [1.54, 1.807) is 0 Å². The molecule has 6 heterocycles. The molecule has 4 saturated heterocycles. The molecule has 4 aliphatic heterocycles. The molecule has 0 amide bonds. The summed E-state index contributed by atoms with van der Waals surface area (Å²) in [5, 5.41) is 0. The quantitative estimate of drug-likeness (QED) is 0.0581. The Kier molecular flexibility index (Phi) is 17.9. The molecule has 14 atom stereocenters. The SMILES string of the molecule is CCCCCCCC1O[C@@H]2[C@H](O1)[C@@H](COP(=O)(O)OP(=O)(O)OP(=O)(O)OP(=O)(O)OC[C@H]1O[C@@H](n3ccc(=O)[nH]c3=O)[C@@H]3OC(CCCCCCC)O[C@@H]31)O[C@H]2n1ccc(=O)[nH]c1=O. The van der Waals surface area contributed by atoms with Gasteiger partial charge in [0, 0.05) is 24.5 Å². The molecular weight excluding hydrogens is 956 g/mol. The number of H-pyrrole nitrogens is 2. The molecule has 6 rings (SSSR count). The molecule has 0 saturated carbocycles. The van der Waals surface area contributed by atoms with Crippen molar-refractivity contribution in [3.8, 4) is 0 Å². The van der Waals surface area contributed by atoms with Crippen molar-refractivity contribution in [3.63, 3.8) is 0 Å². The van der Waals surface area contributed by atoms with Gasteiger partial charge in [0.2, 0.25) is 0 Å². The van der Waals surface area contributed by atoms with E-state index in [-0.39, 0.29) is 0 Å². The summed E-state index contributed by atoms with van der Waals surface area (Å²) in [6.07, 6.45) is 1.69. The highest BCUT2D eigenvalue weighted by atomic mass is 31.3. The first-order valence-corrected chi connectivity index (χ1v) is 27.0. The van der Waals surface area contributed by atoms with E-state index >= 15 is 0 Å². The van der Waals surface area contributed by atoms with Gasteiger partial charge in [-0.1, -0.05) is 65.2 Å². The number of phosphoric ester groups is 2. The Labute approximate surface area is 370 Å². The maximum atomic E-state index is 12.9. The molecule has 0 aromatic carbocycles. The van der Waals surface area contributed by atoms with E-state index in [1.807, 2.05) is 0 Å². The fourth-order valence-electron chi connectivity index (χ4n) is 7.68. The van der Waals surface area contributed by atoms with E-state index in [2.05, 4.69) is 36.7 Å². The maximum absolute atomic E-state index is 12.9. The molecule has 31 heteroatoms. The number of phosphoric acid groups is 4. The number of unbranched alkanes of at least 4 members (excludes halogenated alkanes) is 8. The fourth-order valence-corrected chi connectivity index (χ4v) is 12.6. The van der Waals surface area contributed by atoms with Crippen LogP contribution in [-0.2, 0) is 68.7 Å². The van der Waals surface area contributed by atoms with Gasteiger partial charge in [0.05, 0.1) is 13.2 Å². The largest absolute Gasteiger partial charge is 0.490 e. The average molecular weight is 1010 g/mol. The van der Waals surface area contributed by atoms with Crippen LogP contribution in [0.3, 0.4) is 0 Å². The number of fused-ring (bicyclic) bond motifs is 2. The molecule has 0 aliphatic carbocycles. The van der Waals surface area contributed by atoms with E-state index < -0.39 is 129 Å². The number of aromatic amines is 2. The lowest BCUT2D eigenvalue weighted by atomic mass is 10.1. The van der Waals surface area contributed by atoms with Gasteiger partial charge >= 0.3 is 42.7 Å². The molecule has 2 aromatic heterocycles. The summed E-state index contributed by atoms with van der Waals surface area (Å²) in [6.45, 7) is 2.27. The van der Waals surface area contributed by atoms with Crippen LogP contribution in [0.4, 0.5) is 0 Å². The molecule has 4 aliphatic rings. The van der Waals surface area contributed by atoms with E-state index in [1.165, 1.54) is 0 Å². The number of aromatic nitrogens is 4. The van der Waals surface area contributed by atoms with Crippen LogP contribution in [0.15, 0.2) is 43.7 Å². The average Bonchev–Trinajstić information content (AvgIpc) is 3.96. The van der Waals surface area contributed by atoms with Crippen molar-refractivity contribution in [3.05, 3.63) is 66.2 Å². The van der Waals surface area contributed by atoms with E-state index in [0.717, 1.165) is 97.9 Å². The summed E-state index contributed by atoms with van der Waals surface area (Å²) < 4.78 is 111. The first kappa shape index (κ1) is 52.1. The highest BCUT2D eigenvalue weighted by Crippen LogP contribution is 2.71. The van der Waals surface area contributed by atoms with Crippen LogP contribution >= 0.6 is 31.3 Å². The zero-order valence-corrected chi connectivity index (χ0v) is 38.8. The van der Waals surface area contributed by atoms with Crippen molar-refractivity contribution in [1.29, 1.82) is 0 Å². The van der Waals surface area contributed by atoms with E-state index in [4.69, 9.17) is 37.5 Å². The molecule has 2 aromatic rings. The van der Waals surface area contributed by atoms with Crippen molar-refractivity contribution in [2.45, 2.75) is 153 Å². The first-order valence-electron chi connectivity index (χ1n) is 21.0. The Bertz CT molecular complexity index is 2200. The van der Waals surface area contributed by atoms with Gasteiger partial charge in [0.15, 0.2) is 25.0 Å². The van der Waals surface area contributed by atoms with Gasteiger partial charge in [-0.25, -0.2) is 27.8 Å². The number of rotatable bonds is 26. The Morgan fingerprint density at radius 2 is 0.877 bits per heavy atom. The molecular formula is C34H54N4O23P4. The molecule has 6 unspecified atom stereocenters. The van der Waals surface area contributed by atoms with E-state index in [0.29, 0.717) is 12.8 Å². The number of nitrogens with one attached hydrogen (secondary N) is 2. The van der Waals surface area contributed by atoms with Crippen LogP contribution in [0.2, 0.25) is 0 Å². The topological polar surface area (TPSA) is 360 Å². The number of ether oxygens (including phenoxy) is 6. The smallest absolute Gasteiger partial charge is 0.346 e. The predicted octanol–water partition coefficient (Wildman–Crippen LogP) is 3.31. The third-order valence-electron chi connectivity index (χ3n) is 10.6. The van der Waals surface area contributed by atoms with Crippen LogP contribution in [0.25, 0.3) is 0 Å². The standard InChI is InChI=1S/C34H54N4O23P4/c1-3-5-7-9-11-13-25-55-27-21(53-31(29(27)57-25)37-17-15-23(39)35-33(37)41)19-51-62(43,44)59-64(47,48)61-65(49,50)60-63(45,46)52-20-22-28-30(58-26(56-28)14-12-10-8-6-4-2)32(54-22)38-18-16-24(40)36-34(38)42/h15-18,21-22,25-32H,3-14,19-20H2,1-2H3,(H,43,44)(H,45,46)(H,47,48)(H,49,50)(H,35,39,41)(H,36,40,42)/t21-,22-,25?,26?,27-,28-,29-,30-,31-,32-/m1/s1. The summed E-state index contributed by atoms with van der Waals surface area (Å²) in [7, 11) is -23.9. The highest BCUT2D eigenvalue weighted by molar-refractivity contribution is 7.69. The monoisotopic (exact) mass is 1010 g/mol. The lowest BCUT2D eigenvalue weighted by Gasteiger charge is -2.23. The van der Waals surface area contributed by atoms with Crippen molar-refractivity contribution in [2.75, 3.05) is 13.2 Å². The number of hydrogen-bond donors (Lipinski definition) is 6. The van der Waals surface area contributed by atoms with Gasteiger partial charge < -0.3 is 48.0 Å². The van der Waals surface area contributed by atoms with Crippen LogP contribution in [0.5, 0.6) is 0 Å². The van der Waals surface area contributed by atoms with Crippen LogP contribution in [0, 0.1) is 0 Å². The number of hydrogen-bond acceptors (Lipinski definition) is 19.